The van der Waals surface area contributed by atoms with E-state index in [0.29, 0.717) is 0 Å². The van der Waals surface area contributed by atoms with Gasteiger partial charge in [-0.15, -0.1) is 11.8 Å². The number of nitrogens with zero attached hydrogens (tertiary/aromatic N) is 1. The van der Waals surface area contributed by atoms with Crippen molar-refractivity contribution in [3.8, 4) is 0 Å². The number of aromatic nitrogens is 1. The Hall–Kier alpha value is -1.61. The summed E-state index contributed by atoms with van der Waals surface area (Å²) < 4.78 is 0. The Morgan fingerprint density at radius 2 is 1.88 bits per heavy atom. The Balaban J connectivity index is 1.57. The van der Waals surface area contributed by atoms with E-state index in [4.69, 9.17) is 5.11 Å². The number of likely N-dealkylation sites (tertiary alicyclic amines) is 1. The van der Waals surface area contributed by atoms with Crippen LogP contribution in [-0.4, -0.2) is 44.6 Å². The number of H-pyrrole nitrogens is 1. The maximum Gasteiger partial charge on any atom is 0.323 e. The summed E-state index contributed by atoms with van der Waals surface area (Å²) in [6, 6.07) is 0. The molecule has 3 fully saturated rings. The quantitative estimate of drug-likeness (QED) is 0.729. The van der Waals surface area contributed by atoms with Gasteiger partial charge >= 0.3 is 10.8 Å². The molecule has 1 aromatic rings. The molecule has 2 N–H and O–H groups in total. The highest BCUT2D eigenvalue weighted by molar-refractivity contribution is 8.00. The number of carbonyl (C=O) groups is 3. The number of amides is 2. The molecule has 3 heterocycles. The van der Waals surface area contributed by atoms with Gasteiger partial charge in [0.1, 0.15) is 6.54 Å². The van der Waals surface area contributed by atoms with E-state index < -0.39 is 24.3 Å². The van der Waals surface area contributed by atoms with Crippen LogP contribution >= 0.6 is 23.1 Å². The highest BCUT2D eigenvalue weighted by Crippen LogP contribution is 2.68. The van der Waals surface area contributed by atoms with Gasteiger partial charge in [0.2, 0.25) is 11.8 Å². The molecule has 0 radical (unpaired) electrons. The fraction of sp³-hybridized carbons (Fsp3) is 0.647. The van der Waals surface area contributed by atoms with Crippen molar-refractivity contribution in [2.45, 2.75) is 36.0 Å². The normalized spacial score (nSPS) is 39.1. The van der Waals surface area contributed by atoms with Crippen LogP contribution in [0.4, 0.5) is 0 Å². The van der Waals surface area contributed by atoms with E-state index in [2.05, 4.69) is 18.8 Å². The predicted octanol–water partition coefficient (Wildman–Crippen LogP) is 1.14. The van der Waals surface area contributed by atoms with Gasteiger partial charge in [0.15, 0.2) is 0 Å². The summed E-state index contributed by atoms with van der Waals surface area (Å²) in [5, 5.41) is 10.1. The average molecular weight is 394 g/mol. The molecule has 1 saturated heterocycles. The maximum absolute atomic E-state index is 12.8. The second-order valence-corrected chi connectivity index (χ2v) is 10.4. The van der Waals surface area contributed by atoms with E-state index in [0.717, 1.165) is 21.2 Å². The molecule has 0 unspecified atom stereocenters. The lowest BCUT2D eigenvalue weighted by Crippen LogP contribution is -2.48. The van der Waals surface area contributed by atoms with Gasteiger partial charge < -0.3 is 10.1 Å². The number of fused-ring (bicyclic) bond motifs is 9. The van der Waals surface area contributed by atoms with Crippen molar-refractivity contribution in [2.24, 2.45) is 29.6 Å². The standard InChI is InChI=1S/C17H18N2O5S2/c1-17(2)10-5-3-6(11(10)25-13-12(17)26-16(24)18-13)9-8(5)14(22)19(15(9)23)4-7(20)21/h5-6,8-11H,3-4H2,1-2H3,(H,18,24)(H,20,21)/t5-,6-,8-,9-,10+,11+/m0/s1. The zero-order valence-corrected chi connectivity index (χ0v) is 15.9. The molecule has 1 aromatic heterocycles. The largest absolute Gasteiger partial charge is 0.480 e. The monoisotopic (exact) mass is 394 g/mol. The van der Waals surface area contributed by atoms with Crippen molar-refractivity contribution < 1.29 is 19.5 Å². The van der Waals surface area contributed by atoms with Gasteiger partial charge in [0, 0.05) is 15.5 Å². The van der Waals surface area contributed by atoms with E-state index in [1.54, 1.807) is 11.8 Å². The first kappa shape index (κ1) is 16.6. The summed E-state index contributed by atoms with van der Waals surface area (Å²) in [5.74, 6) is -2.26. The van der Waals surface area contributed by atoms with Crippen LogP contribution in [0.1, 0.15) is 25.1 Å². The third-order valence-corrected chi connectivity index (χ3v) is 9.58. The van der Waals surface area contributed by atoms with Gasteiger partial charge in [0.25, 0.3) is 0 Å². The first-order chi connectivity index (χ1) is 12.2. The minimum Gasteiger partial charge on any atom is -0.480 e. The van der Waals surface area contributed by atoms with E-state index in [9.17, 15) is 19.2 Å². The molecule has 6 atom stereocenters. The SMILES string of the molecule is CC1(C)c2sc(=O)[nH]c2S[C@@H]2[C@H]3C[C@@H]([C@@H]4C(=O)N(CC(=O)O)C(=O)[C@@H]34)[C@H]21. The van der Waals surface area contributed by atoms with Gasteiger partial charge in [-0.25, -0.2) is 0 Å². The van der Waals surface area contributed by atoms with Gasteiger partial charge in [-0.05, 0) is 24.2 Å². The smallest absolute Gasteiger partial charge is 0.323 e. The van der Waals surface area contributed by atoms with Crippen LogP contribution < -0.4 is 4.87 Å². The summed E-state index contributed by atoms with van der Waals surface area (Å²) in [4.78, 5) is 53.4. The van der Waals surface area contributed by atoms with Crippen LogP contribution in [0.25, 0.3) is 0 Å². The number of aromatic amines is 1. The van der Waals surface area contributed by atoms with E-state index in [1.165, 1.54) is 11.3 Å². The molecule has 4 aliphatic rings. The second-order valence-electron chi connectivity index (χ2n) is 8.27. The fourth-order valence-electron chi connectivity index (χ4n) is 6.01. The van der Waals surface area contributed by atoms with Gasteiger partial charge in [-0.2, -0.15) is 0 Å². The molecule has 2 saturated carbocycles. The second kappa shape index (κ2) is 5.01. The van der Waals surface area contributed by atoms with Crippen molar-refractivity contribution in [3.63, 3.8) is 0 Å². The molecule has 2 aliphatic carbocycles. The molecule has 138 valence electrons. The molecule has 2 amide bonds. The number of carboxylic acids is 1. The first-order valence-corrected chi connectivity index (χ1v) is 10.4. The van der Waals surface area contributed by atoms with Crippen LogP contribution in [0.5, 0.6) is 0 Å². The third kappa shape index (κ3) is 1.85. The Bertz CT molecular complexity index is 918. The number of imide groups is 1. The average Bonchev–Trinajstić information content (AvgIpc) is 3.25. The first-order valence-electron chi connectivity index (χ1n) is 8.69. The lowest BCUT2D eigenvalue weighted by molar-refractivity contribution is -0.149. The minimum absolute atomic E-state index is 0.0612. The fourth-order valence-corrected chi connectivity index (χ4v) is 9.16. The summed E-state index contributed by atoms with van der Waals surface area (Å²) in [7, 11) is 0. The number of carbonyl (C=O) groups excluding carboxylic acids is 2. The molecule has 5 rings (SSSR count). The summed E-state index contributed by atoms with van der Waals surface area (Å²) in [6.45, 7) is 3.70. The molecule has 0 spiro atoms. The van der Waals surface area contributed by atoms with Gasteiger partial charge in [0.05, 0.1) is 16.9 Å². The third-order valence-electron chi connectivity index (χ3n) is 6.78. The van der Waals surface area contributed by atoms with Crippen LogP contribution in [0.2, 0.25) is 0 Å². The highest BCUT2D eigenvalue weighted by atomic mass is 32.2. The summed E-state index contributed by atoms with van der Waals surface area (Å²) in [6.07, 6.45) is 0.832. The maximum atomic E-state index is 12.8. The van der Waals surface area contributed by atoms with Crippen molar-refractivity contribution in [3.05, 3.63) is 14.5 Å². The van der Waals surface area contributed by atoms with Crippen molar-refractivity contribution in [1.29, 1.82) is 0 Å². The zero-order chi connectivity index (χ0) is 18.5. The van der Waals surface area contributed by atoms with Crippen LogP contribution in [0.15, 0.2) is 9.82 Å². The van der Waals surface area contributed by atoms with Gasteiger partial charge in [-0.1, -0.05) is 25.2 Å². The number of rotatable bonds is 2. The molecule has 2 bridgehead atoms. The lowest BCUT2D eigenvalue weighted by atomic mass is 9.64. The van der Waals surface area contributed by atoms with Crippen LogP contribution in [-0.2, 0) is 19.8 Å². The lowest BCUT2D eigenvalue weighted by Gasteiger charge is -2.47. The summed E-state index contributed by atoms with van der Waals surface area (Å²) >= 11 is 2.87. The Morgan fingerprint density at radius 3 is 2.54 bits per heavy atom. The molecule has 0 aromatic carbocycles. The van der Waals surface area contributed by atoms with Crippen molar-refractivity contribution in [1.82, 2.24) is 9.88 Å². The predicted molar refractivity (Wildman–Crippen MR) is 94.0 cm³/mol. The zero-order valence-electron chi connectivity index (χ0n) is 14.2. The Labute approximate surface area is 157 Å². The molecular formula is C17H18N2O5S2. The Morgan fingerprint density at radius 1 is 1.23 bits per heavy atom. The van der Waals surface area contributed by atoms with Crippen molar-refractivity contribution >= 4 is 40.9 Å². The molecular weight excluding hydrogens is 376 g/mol. The number of hydrogen-bond acceptors (Lipinski definition) is 6. The molecule has 9 heteroatoms. The highest BCUT2D eigenvalue weighted by Gasteiger charge is 2.70. The molecule has 2 aliphatic heterocycles. The van der Waals surface area contributed by atoms with Crippen LogP contribution in [0.3, 0.4) is 0 Å². The number of nitrogens with one attached hydrogen (secondary N) is 1. The Kier molecular flexibility index (Phi) is 3.19. The minimum atomic E-state index is -1.16. The number of hydrogen-bond donors (Lipinski definition) is 2. The van der Waals surface area contributed by atoms with Gasteiger partial charge in [-0.3, -0.25) is 24.1 Å². The number of aliphatic carboxylic acids is 1. The van der Waals surface area contributed by atoms with E-state index in [1.807, 2.05) is 0 Å². The molecule has 26 heavy (non-hydrogen) atoms. The van der Waals surface area contributed by atoms with E-state index >= 15 is 0 Å². The topological polar surface area (TPSA) is 108 Å². The van der Waals surface area contributed by atoms with Crippen LogP contribution in [0, 0.1) is 29.6 Å². The summed E-state index contributed by atoms with van der Waals surface area (Å²) in [5.41, 5.74) is -0.247. The number of thioether (sulfide) groups is 1. The van der Waals surface area contributed by atoms with E-state index in [-0.39, 0.29) is 45.1 Å². The number of carboxylic acid groups (broad SMARTS) is 1. The molecule has 7 nitrogen and oxygen atoms in total. The van der Waals surface area contributed by atoms with Crippen molar-refractivity contribution in [2.75, 3.05) is 6.54 Å². The number of thiazole rings is 1.